The SMILES string of the molecule is CC[C@H](C)c1ccc([C@H](C)NC(=S)Nc2ccc([N+](=O)[O-])cc2)cc1. The maximum Gasteiger partial charge on any atom is 0.269 e. The van der Waals surface area contributed by atoms with E-state index in [1.807, 2.05) is 6.92 Å². The van der Waals surface area contributed by atoms with Gasteiger partial charge in [-0.1, -0.05) is 38.1 Å². The zero-order chi connectivity index (χ0) is 18.4. The molecule has 0 aliphatic rings. The van der Waals surface area contributed by atoms with Crippen LogP contribution in [0.4, 0.5) is 11.4 Å². The molecule has 2 atom stereocenters. The molecular formula is C19H23N3O2S. The Bertz CT molecular complexity index is 729. The Morgan fingerprint density at radius 3 is 2.16 bits per heavy atom. The van der Waals surface area contributed by atoms with Crippen molar-refractivity contribution in [3.8, 4) is 0 Å². The number of hydrogen-bond donors (Lipinski definition) is 2. The van der Waals surface area contributed by atoms with E-state index in [4.69, 9.17) is 12.2 Å². The van der Waals surface area contributed by atoms with E-state index in [2.05, 4.69) is 48.7 Å². The van der Waals surface area contributed by atoms with Crippen molar-refractivity contribution in [2.45, 2.75) is 39.2 Å². The quantitative estimate of drug-likeness (QED) is 0.425. The second kappa shape index (κ2) is 8.58. The Morgan fingerprint density at radius 1 is 1.08 bits per heavy atom. The van der Waals surface area contributed by atoms with Gasteiger partial charge in [0.2, 0.25) is 0 Å². The molecule has 0 unspecified atom stereocenters. The first-order valence-electron chi connectivity index (χ1n) is 8.32. The van der Waals surface area contributed by atoms with Crippen LogP contribution in [0.1, 0.15) is 50.3 Å². The number of hydrogen-bond acceptors (Lipinski definition) is 3. The highest BCUT2D eigenvalue weighted by atomic mass is 32.1. The Balaban J connectivity index is 1.94. The summed E-state index contributed by atoms with van der Waals surface area (Å²) >= 11 is 5.33. The Kier molecular flexibility index (Phi) is 6.47. The van der Waals surface area contributed by atoms with Gasteiger partial charge >= 0.3 is 0 Å². The van der Waals surface area contributed by atoms with Crippen LogP contribution in [0.15, 0.2) is 48.5 Å². The van der Waals surface area contributed by atoms with Crippen molar-refractivity contribution in [3.05, 3.63) is 69.8 Å². The molecule has 2 aromatic carbocycles. The van der Waals surface area contributed by atoms with E-state index in [1.54, 1.807) is 12.1 Å². The molecule has 2 rings (SSSR count). The molecule has 2 N–H and O–H groups in total. The van der Waals surface area contributed by atoms with Gasteiger partial charge in [0.15, 0.2) is 5.11 Å². The van der Waals surface area contributed by atoms with Crippen molar-refractivity contribution >= 4 is 28.7 Å². The zero-order valence-electron chi connectivity index (χ0n) is 14.7. The lowest BCUT2D eigenvalue weighted by Gasteiger charge is -2.18. The summed E-state index contributed by atoms with van der Waals surface area (Å²) in [5.41, 5.74) is 3.26. The van der Waals surface area contributed by atoms with Crippen molar-refractivity contribution in [2.75, 3.05) is 5.32 Å². The van der Waals surface area contributed by atoms with E-state index in [-0.39, 0.29) is 11.7 Å². The number of benzene rings is 2. The minimum Gasteiger partial charge on any atom is -0.356 e. The second-order valence-corrected chi connectivity index (χ2v) is 6.51. The van der Waals surface area contributed by atoms with Gasteiger partial charge in [-0.15, -0.1) is 0 Å². The summed E-state index contributed by atoms with van der Waals surface area (Å²) < 4.78 is 0. The van der Waals surface area contributed by atoms with E-state index in [0.29, 0.717) is 16.7 Å². The fraction of sp³-hybridized carbons (Fsp3) is 0.316. The molecule has 5 nitrogen and oxygen atoms in total. The standard InChI is InChI=1S/C19H23N3O2S/c1-4-13(2)15-5-7-16(8-6-15)14(3)20-19(25)21-17-9-11-18(12-10-17)22(23)24/h5-14H,4H2,1-3H3,(H2,20,21,25)/t13-,14-/m0/s1. The molecule has 0 amide bonds. The van der Waals surface area contributed by atoms with Crippen LogP contribution >= 0.6 is 12.2 Å². The Hall–Kier alpha value is -2.47. The van der Waals surface area contributed by atoms with Crippen LogP contribution in [0.2, 0.25) is 0 Å². The third kappa shape index (κ3) is 5.26. The molecule has 25 heavy (non-hydrogen) atoms. The molecular weight excluding hydrogens is 334 g/mol. The van der Waals surface area contributed by atoms with E-state index in [9.17, 15) is 10.1 Å². The predicted molar refractivity (Wildman–Crippen MR) is 106 cm³/mol. The van der Waals surface area contributed by atoms with Crippen molar-refractivity contribution in [2.24, 2.45) is 0 Å². The molecule has 0 aliphatic heterocycles. The summed E-state index contributed by atoms with van der Waals surface area (Å²) in [5, 5.41) is 17.4. The molecule has 0 radical (unpaired) electrons. The van der Waals surface area contributed by atoms with Gasteiger partial charge in [-0.05, 0) is 54.7 Å². The third-order valence-electron chi connectivity index (χ3n) is 4.30. The van der Waals surface area contributed by atoms with Crippen LogP contribution in [0.5, 0.6) is 0 Å². The Morgan fingerprint density at radius 2 is 1.64 bits per heavy atom. The van der Waals surface area contributed by atoms with Gasteiger partial charge in [0.1, 0.15) is 0 Å². The maximum atomic E-state index is 10.7. The molecule has 0 bridgehead atoms. The lowest BCUT2D eigenvalue weighted by molar-refractivity contribution is -0.384. The van der Waals surface area contributed by atoms with Gasteiger partial charge in [0.25, 0.3) is 5.69 Å². The number of rotatable bonds is 6. The molecule has 0 spiro atoms. The molecule has 6 heteroatoms. The largest absolute Gasteiger partial charge is 0.356 e. The number of thiocarbonyl (C=S) groups is 1. The van der Waals surface area contributed by atoms with Crippen molar-refractivity contribution < 1.29 is 4.92 Å². The molecule has 0 heterocycles. The average molecular weight is 357 g/mol. The van der Waals surface area contributed by atoms with Crippen molar-refractivity contribution in [1.29, 1.82) is 0 Å². The van der Waals surface area contributed by atoms with E-state index >= 15 is 0 Å². The normalized spacial score (nSPS) is 12.9. The highest BCUT2D eigenvalue weighted by Gasteiger charge is 2.10. The number of nitro benzene ring substituents is 1. The van der Waals surface area contributed by atoms with Crippen molar-refractivity contribution in [1.82, 2.24) is 5.32 Å². The van der Waals surface area contributed by atoms with Gasteiger partial charge in [-0.3, -0.25) is 10.1 Å². The number of nitrogens with one attached hydrogen (secondary N) is 2. The van der Waals surface area contributed by atoms with E-state index in [0.717, 1.165) is 12.0 Å². The number of non-ortho nitro benzene ring substituents is 1. The fourth-order valence-electron chi connectivity index (χ4n) is 2.46. The van der Waals surface area contributed by atoms with Crippen molar-refractivity contribution in [3.63, 3.8) is 0 Å². The number of anilines is 1. The predicted octanol–water partition coefficient (Wildman–Crippen LogP) is 5.16. The number of nitro groups is 1. The lowest BCUT2D eigenvalue weighted by Crippen LogP contribution is -2.30. The molecule has 0 aliphatic carbocycles. The summed E-state index contributed by atoms with van der Waals surface area (Å²) in [5.74, 6) is 0.558. The monoisotopic (exact) mass is 357 g/mol. The Labute approximate surface area is 153 Å². The van der Waals surface area contributed by atoms with Crippen LogP contribution in [0.3, 0.4) is 0 Å². The molecule has 0 fully saturated rings. The van der Waals surface area contributed by atoms with Gasteiger partial charge in [-0.25, -0.2) is 0 Å². The van der Waals surface area contributed by atoms with Gasteiger partial charge in [0, 0.05) is 17.8 Å². The molecule has 0 saturated carbocycles. The summed E-state index contributed by atoms with van der Waals surface area (Å²) in [6.07, 6.45) is 1.12. The first-order chi connectivity index (χ1) is 11.9. The highest BCUT2D eigenvalue weighted by Crippen LogP contribution is 2.21. The summed E-state index contributed by atoms with van der Waals surface area (Å²) in [7, 11) is 0. The third-order valence-corrected chi connectivity index (χ3v) is 4.52. The van der Waals surface area contributed by atoms with Gasteiger partial charge < -0.3 is 10.6 Å². The molecule has 132 valence electrons. The van der Waals surface area contributed by atoms with E-state index in [1.165, 1.54) is 17.7 Å². The van der Waals surface area contributed by atoms with Crippen LogP contribution in [0.25, 0.3) is 0 Å². The van der Waals surface area contributed by atoms with Gasteiger partial charge in [-0.2, -0.15) is 0 Å². The summed E-state index contributed by atoms with van der Waals surface area (Å²) in [4.78, 5) is 10.2. The minimum atomic E-state index is -0.425. The van der Waals surface area contributed by atoms with Crippen LogP contribution in [0, 0.1) is 10.1 Å². The number of nitrogens with zero attached hydrogens (tertiary/aromatic N) is 1. The summed E-state index contributed by atoms with van der Waals surface area (Å²) in [6, 6.07) is 14.8. The second-order valence-electron chi connectivity index (χ2n) is 6.10. The molecule has 0 saturated heterocycles. The minimum absolute atomic E-state index is 0.0548. The summed E-state index contributed by atoms with van der Waals surface area (Å²) in [6.45, 7) is 6.45. The van der Waals surface area contributed by atoms with Crippen LogP contribution in [-0.2, 0) is 0 Å². The highest BCUT2D eigenvalue weighted by molar-refractivity contribution is 7.80. The topological polar surface area (TPSA) is 67.2 Å². The van der Waals surface area contributed by atoms with E-state index < -0.39 is 4.92 Å². The average Bonchev–Trinajstić information content (AvgIpc) is 2.61. The molecule has 2 aromatic rings. The smallest absolute Gasteiger partial charge is 0.269 e. The van der Waals surface area contributed by atoms with Crippen LogP contribution < -0.4 is 10.6 Å². The van der Waals surface area contributed by atoms with Crippen LogP contribution in [-0.4, -0.2) is 10.0 Å². The zero-order valence-corrected chi connectivity index (χ0v) is 15.5. The lowest BCUT2D eigenvalue weighted by atomic mass is 9.96. The van der Waals surface area contributed by atoms with Gasteiger partial charge in [0.05, 0.1) is 11.0 Å². The fourth-order valence-corrected chi connectivity index (χ4v) is 2.76. The first-order valence-corrected chi connectivity index (χ1v) is 8.73. The molecule has 0 aromatic heterocycles. The first kappa shape index (κ1) is 18.9. The maximum absolute atomic E-state index is 10.7.